The smallest absolute Gasteiger partial charge is 0.335 e. The number of amides is 1. The largest absolute Gasteiger partial charge is 0.478 e. The van der Waals surface area contributed by atoms with Crippen molar-refractivity contribution in [1.82, 2.24) is 0 Å². The molecule has 1 aromatic rings. The third-order valence-corrected chi connectivity index (χ3v) is 3.12. The van der Waals surface area contributed by atoms with Crippen molar-refractivity contribution in [2.24, 2.45) is 0 Å². The molecule has 19 heavy (non-hydrogen) atoms. The molecule has 0 atom stereocenters. The van der Waals surface area contributed by atoms with Gasteiger partial charge in [0, 0.05) is 17.3 Å². The van der Waals surface area contributed by atoms with Crippen molar-refractivity contribution in [3.63, 3.8) is 0 Å². The zero-order chi connectivity index (χ0) is 14.3. The fourth-order valence-electron chi connectivity index (χ4n) is 1.47. The number of benzene rings is 1. The van der Waals surface area contributed by atoms with Crippen LogP contribution in [0, 0.1) is 12.3 Å². The molecule has 2 N–H and O–H groups in total. The lowest BCUT2D eigenvalue weighted by atomic mass is 10.2. The number of nitrogens with one attached hydrogen (secondary N) is 1. The maximum atomic E-state index is 11.6. The second-order valence-electron chi connectivity index (χ2n) is 3.96. The Hall–Kier alpha value is -1.80. The molecule has 5 heteroatoms. The fraction of sp³-hybridized carbons (Fsp3) is 0.286. The van der Waals surface area contributed by atoms with Gasteiger partial charge >= 0.3 is 5.97 Å². The van der Waals surface area contributed by atoms with E-state index in [0.29, 0.717) is 23.0 Å². The highest BCUT2D eigenvalue weighted by atomic mass is 79.9. The molecule has 0 aromatic heterocycles. The molecule has 100 valence electrons. The number of rotatable bonds is 6. The number of aromatic carboxylic acids is 1. The molecule has 0 aliphatic heterocycles. The van der Waals surface area contributed by atoms with Gasteiger partial charge in [-0.3, -0.25) is 4.79 Å². The minimum atomic E-state index is -1.01. The molecule has 1 rings (SSSR count). The molecule has 0 unspecified atom stereocenters. The highest BCUT2D eigenvalue weighted by Crippen LogP contribution is 2.24. The van der Waals surface area contributed by atoms with Gasteiger partial charge in [0.05, 0.1) is 11.3 Å². The van der Waals surface area contributed by atoms with E-state index in [-0.39, 0.29) is 11.5 Å². The van der Waals surface area contributed by atoms with Gasteiger partial charge in [-0.15, -0.1) is 12.3 Å². The third kappa shape index (κ3) is 5.14. The van der Waals surface area contributed by atoms with Crippen LogP contribution in [-0.4, -0.2) is 17.0 Å². The van der Waals surface area contributed by atoms with Crippen LogP contribution in [0.3, 0.4) is 0 Å². The van der Waals surface area contributed by atoms with Gasteiger partial charge < -0.3 is 10.4 Å². The van der Waals surface area contributed by atoms with Crippen LogP contribution in [0.4, 0.5) is 5.69 Å². The topological polar surface area (TPSA) is 66.4 Å². The van der Waals surface area contributed by atoms with Crippen LogP contribution in [0.15, 0.2) is 22.7 Å². The number of carbonyl (C=O) groups excluding carboxylic acids is 1. The summed E-state index contributed by atoms with van der Waals surface area (Å²) in [7, 11) is 0. The normalized spacial score (nSPS) is 9.68. The monoisotopic (exact) mass is 323 g/mol. The lowest BCUT2D eigenvalue weighted by Gasteiger charge is -2.07. The van der Waals surface area contributed by atoms with Crippen molar-refractivity contribution in [3.8, 4) is 12.3 Å². The molecule has 0 heterocycles. The van der Waals surface area contributed by atoms with Gasteiger partial charge in [-0.1, -0.05) is 0 Å². The molecule has 0 aliphatic carbocycles. The predicted octanol–water partition coefficient (Wildman–Crippen LogP) is 3.28. The predicted molar refractivity (Wildman–Crippen MR) is 77.0 cm³/mol. The Balaban J connectivity index is 2.55. The van der Waals surface area contributed by atoms with Gasteiger partial charge in [-0.2, -0.15) is 0 Å². The van der Waals surface area contributed by atoms with Gasteiger partial charge in [0.15, 0.2) is 0 Å². The standard InChI is InChI=1S/C14H14BrNO3/c1-2-3-4-5-6-13(17)16-12-8-7-10(14(18)19)9-11(12)15/h1,7-9H,3-6H2,(H,16,17)(H,18,19). The highest BCUT2D eigenvalue weighted by molar-refractivity contribution is 9.10. The van der Waals surface area contributed by atoms with Crippen molar-refractivity contribution < 1.29 is 14.7 Å². The Morgan fingerprint density at radius 1 is 1.37 bits per heavy atom. The molecule has 0 saturated carbocycles. The minimum Gasteiger partial charge on any atom is -0.478 e. The number of unbranched alkanes of at least 4 members (excludes halogenated alkanes) is 2. The van der Waals surface area contributed by atoms with E-state index in [1.807, 2.05) is 0 Å². The van der Waals surface area contributed by atoms with E-state index < -0.39 is 5.97 Å². The number of hydrogen-bond donors (Lipinski definition) is 2. The zero-order valence-electron chi connectivity index (χ0n) is 10.3. The van der Waals surface area contributed by atoms with Crippen molar-refractivity contribution in [3.05, 3.63) is 28.2 Å². The van der Waals surface area contributed by atoms with E-state index in [9.17, 15) is 9.59 Å². The first kappa shape index (κ1) is 15.3. The zero-order valence-corrected chi connectivity index (χ0v) is 11.9. The number of carbonyl (C=O) groups is 2. The van der Waals surface area contributed by atoms with Crippen LogP contribution in [0.5, 0.6) is 0 Å². The number of terminal acetylenes is 1. The summed E-state index contributed by atoms with van der Waals surface area (Å²) < 4.78 is 0.546. The molecule has 1 aromatic carbocycles. The van der Waals surface area contributed by atoms with E-state index in [2.05, 4.69) is 27.2 Å². The SMILES string of the molecule is C#CCCCCC(=O)Nc1ccc(C(=O)O)cc1Br. The summed E-state index contributed by atoms with van der Waals surface area (Å²) in [5.41, 5.74) is 0.728. The molecular formula is C14H14BrNO3. The van der Waals surface area contributed by atoms with Crippen molar-refractivity contribution in [2.75, 3.05) is 5.32 Å². The van der Waals surface area contributed by atoms with Gasteiger partial charge in [-0.25, -0.2) is 4.79 Å². The van der Waals surface area contributed by atoms with Crippen LogP contribution in [0.2, 0.25) is 0 Å². The first-order chi connectivity index (χ1) is 9.04. The lowest BCUT2D eigenvalue weighted by molar-refractivity contribution is -0.116. The first-order valence-electron chi connectivity index (χ1n) is 5.80. The Morgan fingerprint density at radius 3 is 2.68 bits per heavy atom. The van der Waals surface area contributed by atoms with Gasteiger partial charge in [-0.05, 0) is 47.0 Å². The molecule has 0 spiro atoms. The summed E-state index contributed by atoms with van der Waals surface area (Å²) in [5.74, 6) is 1.41. The number of carboxylic acids is 1. The van der Waals surface area contributed by atoms with Gasteiger partial charge in [0.2, 0.25) is 5.91 Å². The van der Waals surface area contributed by atoms with E-state index in [1.54, 1.807) is 6.07 Å². The van der Waals surface area contributed by atoms with Crippen LogP contribution in [-0.2, 0) is 4.79 Å². The Kier molecular flexibility index (Phi) is 6.10. The molecule has 0 radical (unpaired) electrons. The van der Waals surface area contributed by atoms with E-state index in [4.69, 9.17) is 11.5 Å². The van der Waals surface area contributed by atoms with E-state index >= 15 is 0 Å². The Labute approximate surface area is 120 Å². The molecule has 4 nitrogen and oxygen atoms in total. The third-order valence-electron chi connectivity index (χ3n) is 2.47. The molecule has 0 saturated heterocycles. The van der Waals surface area contributed by atoms with Crippen molar-refractivity contribution in [2.45, 2.75) is 25.7 Å². The number of hydrogen-bond acceptors (Lipinski definition) is 2. The summed E-state index contributed by atoms with van der Waals surface area (Å²) in [6.45, 7) is 0. The van der Waals surface area contributed by atoms with Crippen LogP contribution < -0.4 is 5.32 Å². The number of halogens is 1. The van der Waals surface area contributed by atoms with E-state index in [1.165, 1.54) is 12.1 Å². The second-order valence-corrected chi connectivity index (χ2v) is 4.81. The summed E-state index contributed by atoms with van der Waals surface area (Å²) in [6.07, 6.45) is 7.75. The van der Waals surface area contributed by atoms with E-state index in [0.717, 1.165) is 12.8 Å². The summed E-state index contributed by atoms with van der Waals surface area (Å²) in [5, 5.41) is 11.5. The van der Waals surface area contributed by atoms with Crippen molar-refractivity contribution in [1.29, 1.82) is 0 Å². The highest BCUT2D eigenvalue weighted by Gasteiger charge is 2.09. The summed E-state index contributed by atoms with van der Waals surface area (Å²) in [6, 6.07) is 4.46. The average Bonchev–Trinajstić information content (AvgIpc) is 2.37. The molecule has 1 amide bonds. The number of anilines is 1. The summed E-state index contributed by atoms with van der Waals surface area (Å²) in [4.78, 5) is 22.4. The minimum absolute atomic E-state index is 0.110. The summed E-state index contributed by atoms with van der Waals surface area (Å²) >= 11 is 3.23. The second kappa shape index (κ2) is 7.59. The molecule has 0 fully saturated rings. The maximum Gasteiger partial charge on any atom is 0.335 e. The van der Waals surface area contributed by atoms with Gasteiger partial charge in [0.25, 0.3) is 0 Å². The fourth-order valence-corrected chi connectivity index (χ4v) is 1.95. The van der Waals surface area contributed by atoms with Crippen LogP contribution in [0.1, 0.15) is 36.0 Å². The first-order valence-corrected chi connectivity index (χ1v) is 6.60. The molecular weight excluding hydrogens is 310 g/mol. The average molecular weight is 324 g/mol. The quantitative estimate of drug-likeness (QED) is 0.623. The lowest BCUT2D eigenvalue weighted by Crippen LogP contribution is -2.11. The van der Waals surface area contributed by atoms with Crippen molar-refractivity contribution >= 4 is 33.5 Å². The number of carboxylic acid groups (broad SMARTS) is 1. The van der Waals surface area contributed by atoms with Crippen LogP contribution >= 0.6 is 15.9 Å². The molecule has 0 aliphatic rings. The Bertz CT molecular complexity index is 520. The molecule has 0 bridgehead atoms. The maximum absolute atomic E-state index is 11.6. The van der Waals surface area contributed by atoms with Gasteiger partial charge in [0.1, 0.15) is 0 Å². The van der Waals surface area contributed by atoms with Crippen LogP contribution in [0.25, 0.3) is 0 Å². The Morgan fingerprint density at radius 2 is 2.11 bits per heavy atom.